The highest BCUT2D eigenvalue weighted by molar-refractivity contribution is 5.78. The van der Waals surface area contributed by atoms with E-state index in [0.29, 0.717) is 11.1 Å². The molecule has 1 N–H and O–H groups in total. The van der Waals surface area contributed by atoms with Gasteiger partial charge in [-0.15, -0.1) is 0 Å². The molecule has 0 aliphatic heterocycles. The van der Waals surface area contributed by atoms with Crippen molar-refractivity contribution in [2.24, 2.45) is 0 Å². The molecule has 4 heteroatoms. The Morgan fingerprint density at radius 1 is 1.35 bits per heavy atom. The van der Waals surface area contributed by atoms with Crippen molar-refractivity contribution in [1.82, 2.24) is 5.32 Å². The summed E-state index contributed by atoms with van der Waals surface area (Å²) >= 11 is 0. The second-order valence-electron chi connectivity index (χ2n) is 4.10. The fraction of sp³-hybridized carbons (Fsp3) is 0.385. The first-order valence-corrected chi connectivity index (χ1v) is 5.74. The number of furan rings is 1. The van der Waals surface area contributed by atoms with Gasteiger partial charge in [-0.1, -0.05) is 6.92 Å². The predicted octanol–water partition coefficient (Wildman–Crippen LogP) is 3.77. The summed E-state index contributed by atoms with van der Waals surface area (Å²) in [5, 5.41) is 3.82. The predicted molar refractivity (Wildman–Crippen MR) is 62.8 cm³/mol. The van der Waals surface area contributed by atoms with Crippen LogP contribution in [0.25, 0.3) is 11.0 Å². The normalized spacial score (nSPS) is 13.2. The molecule has 2 aromatic rings. The van der Waals surface area contributed by atoms with Crippen molar-refractivity contribution < 1.29 is 13.2 Å². The average Bonchev–Trinajstić information content (AvgIpc) is 2.75. The van der Waals surface area contributed by atoms with Gasteiger partial charge in [-0.25, -0.2) is 4.39 Å². The van der Waals surface area contributed by atoms with Gasteiger partial charge in [-0.05, 0) is 38.1 Å². The smallest absolute Gasteiger partial charge is 0.201 e. The number of fused-ring (bicyclic) bond motifs is 1. The average molecular weight is 239 g/mol. The Kier molecular flexibility index (Phi) is 3.43. The largest absolute Gasteiger partial charge is 0.456 e. The molecule has 17 heavy (non-hydrogen) atoms. The molecule has 0 amide bonds. The van der Waals surface area contributed by atoms with Gasteiger partial charge in [0.15, 0.2) is 11.4 Å². The lowest BCUT2D eigenvalue weighted by Gasteiger charge is -2.09. The Morgan fingerprint density at radius 3 is 2.82 bits per heavy atom. The third kappa shape index (κ3) is 2.31. The van der Waals surface area contributed by atoms with Crippen LogP contribution in [0.15, 0.2) is 22.6 Å². The highest BCUT2D eigenvalue weighted by Gasteiger charge is 2.15. The molecule has 2 nitrogen and oxygen atoms in total. The van der Waals surface area contributed by atoms with E-state index in [0.717, 1.165) is 19.0 Å². The first-order chi connectivity index (χ1) is 8.13. The van der Waals surface area contributed by atoms with Crippen molar-refractivity contribution in [3.63, 3.8) is 0 Å². The van der Waals surface area contributed by atoms with Crippen molar-refractivity contribution >= 4 is 11.0 Å². The number of benzene rings is 1. The van der Waals surface area contributed by atoms with E-state index in [1.165, 1.54) is 6.07 Å². The summed E-state index contributed by atoms with van der Waals surface area (Å²) in [7, 11) is 0. The zero-order valence-electron chi connectivity index (χ0n) is 9.89. The molecular weight excluding hydrogens is 224 g/mol. The van der Waals surface area contributed by atoms with Gasteiger partial charge >= 0.3 is 0 Å². The number of rotatable bonds is 4. The van der Waals surface area contributed by atoms with E-state index in [9.17, 15) is 8.78 Å². The van der Waals surface area contributed by atoms with E-state index in [1.807, 2.05) is 6.92 Å². The number of hydrogen-bond donors (Lipinski definition) is 1. The van der Waals surface area contributed by atoms with E-state index >= 15 is 0 Å². The summed E-state index contributed by atoms with van der Waals surface area (Å²) < 4.78 is 31.8. The summed E-state index contributed by atoms with van der Waals surface area (Å²) in [6.07, 6.45) is 1.01. The van der Waals surface area contributed by atoms with Crippen LogP contribution < -0.4 is 5.32 Å². The van der Waals surface area contributed by atoms with Crippen LogP contribution in [0, 0.1) is 11.6 Å². The third-order valence-electron chi connectivity index (χ3n) is 2.73. The van der Waals surface area contributed by atoms with Crippen molar-refractivity contribution in [1.29, 1.82) is 0 Å². The Labute approximate surface area is 98.6 Å². The fourth-order valence-electron chi connectivity index (χ4n) is 1.74. The first kappa shape index (κ1) is 12.0. The molecule has 2 rings (SSSR count). The Morgan fingerprint density at radius 2 is 2.12 bits per heavy atom. The van der Waals surface area contributed by atoms with E-state index in [-0.39, 0.29) is 11.6 Å². The molecule has 92 valence electrons. The van der Waals surface area contributed by atoms with Gasteiger partial charge in [0.2, 0.25) is 5.82 Å². The highest BCUT2D eigenvalue weighted by Crippen LogP contribution is 2.27. The van der Waals surface area contributed by atoms with Gasteiger partial charge in [-0.2, -0.15) is 4.39 Å². The monoisotopic (exact) mass is 239 g/mol. The van der Waals surface area contributed by atoms with E-state index < -0.39 is 11.6 Å². The fourth-order valence-corrected chi connectivity index (χ4v) is 1.74. The van der Waals surface area contributed by atoms with Crippen molar-refractivity contribution in [3.05, 3.63) is 35.6 Å². The van der Waals surface area contributed by atoms with Crippen molar-refractivity contribution in [2.75, 3.05) is 6.54 Å². The van der Waals surface area contributed by atoms with Gasteiger partial charge in [-0.3, -0.25) is 0 Å². The lowest BCUT2D eigenvalue weighted by molar-refractivity contribution is 0.434. The molecule has 1 unspecified atom stereocenters. The standard InChI is InChI=1S/C13H15F2NO/c1-3-6-16-8(2)11-7-9-4-5-10(14)12(15)13(9)17-11/h4-5,7-8,16H,3,6H2,1-2H3. The minimum atomic E-state index is -0.920. The van der Waals surface area contributed by atoms with Crippen molar-refractivity contribution in [2.45, 2.75) is 26.3 Å². The van der Waals surface area contributed by atoms with Crippen LogP contribution in [0.5, 0.6) is 0 Å². The minimum absolute atomic E-state index is 0.00912. The SMILES string of the molecule is CCCNC(C)c1cc2ccc(F)c(F)c2o1. The number of halogens is 2. The summed E-state index contributed by atoms with van der Waals surface area (Å²) in [4.78, 5) is 0. The second-order valence-corrected chi connectivity index (χ2v) is 4.10. The molecule has 0 radical (unpaired) electrons. The molecule has 1 heterocycles. The maximum atomic E-state index is 13.4. The van der Waals surface area contributed by atoms with Crippen LogP contribution in [0.2, 0.25) is 0 Å². The summed E-state index contributed by atoms with van der Waals surface area (Å²) in [6, 6.07) is 4.37. The van der Waals surface area contributed by atoms with Crippen molar-refractivity contribution in [3.8, 4) is 0 Å². The zero-order chi connectivity index (χ0) is 12.4. The molecule has 1 aromatic carbocycles. The molecule has 0 aliphatic carbocycles. The van der Waals surface area contributed by atoms with Gasteiger partial charge in [0.05, 0.1) is 6.04 Å². The molecule has 0 aliphatic rings. The lowest BCUT2D eigenvalue weighted by Crippen LogP contribution is -2.18. The van der Waals surface area contributed by atoms with Gasteiger partial charge in [0, 0.05) is 5.39 Å². The lowest BCUT2D eigenvalue weighted by atomic mass is 10.2. The van der Waals surface area contributed by atoms with Crippen LogP contribution in [0.3, 0.4) is 0 Å². The number of hydrogen-bond acceptors (Lipinski definition) is 2. The minimum Gasteiger partial charge on any atom is -0.456 e. The Bertz CT molecular complexity index is 521. The van der Waals surface area contributed by atoms with Crippen LogP contribution in [0.1, 0.15) is 32.1 Å². The Balaban J connectivity index is 2.34. The molecule has 0 bridgehead atoms. The second kappa shape index (κ2) is 4.84. The summed E-state index contributed by atoms with van der Waals surface area (Å²) in [6.45, 7) is 4.85. The quantitative estimate of drug-likeness (QED) is 0.878. The zero-order valence-corrected chi connectivity index (χ0v) is 9.89. The van der Waals surface area contributed by atoms with E-state index in [1.54, 1.807) is 6.07 Å². The van der Waals surface area contributed by atoms with Crippen LogP contribution >= 0.6 is 0 Å². The van der Waals surface area contributed by atoms with Gasteiger partial charge < -0.3 is 9.73 Å². The molecule has 0 saturated carbocycles. The van der Waals surface area contributed by atoms with E-state index in [2.05, 4.69) is 12.2 Å². The van der Waals surface area contributed by atoms with Crippen LogP contribution in [-0.4, -0.2) is 6.54 Å². The summed E-state index contributed by atoms with van der Waals surface area (Å²) in [5.41, 5.74) is -0.00912. The maximum absolute atomic E-state index is 13.4. The molecule has 0 fully saturated rings. The molecule has 0 spiro atoms. The van der Waals surface area contributed by atoms with E-state index in [4.69, 9.17) is 4.42 Å². The van der Waals surface area contributed by atoms with Gasteiger partial charge in [0.25, 0.3) is 0 Å². The Hall–Kier alpha value is -1.42. The molecule has 0 saturated heterocycles. The third-order valence-corrected chi connectivity index (χ3v) is 2.73. The topological polar surface area (TPSA) is 25.2 Å². The molecule has 1 aromatic heterocycles. The van der Waals surface area contributed by atoms with Gasteiger partial charge in [0.1, 0.15) is 5.76 Å². The first-order valence-electron chi connectivity index (χ1n) is 5.74. The highest BCUT2D eigenvalue weighted by atomic mass is 19.2. The summed E-state index contributed by atoms with van der Waals surface area (Å²) in [5.74, 6) is -1.18. The molecular formula is C13H15F2NO. The van der Waals surface area contributed by atoms with Crippen LogP contribution in [0.4, 0.5) is 8.78 Å². The van der Waals surface area contributed by atoms with Crippen LogP contribution in [-0.2, 0) is 0 Å². The molecule has 1 atom stereocenters. The maximum Gasteiger partial charge on any atom is 0.201 e. The number of nitrogens with one attached hydrogen (secondary N) is 1.